The van der Waals surface area contributed by atoms with E-state index in [1.165, 1.54) is 37.4 Å². The number of carboxylic acids is 1. The van der Waals surface area contributed by atoms with E-state index >= 15 is 0 Å². The van der Waals surface area contributed by atoms with Gasteiger partial charge in [0.05, 0.1) is 16.1 Å². The molecule has 2 aromatic rings. The Labute approximate surface area is 134 Å². The van der Waals surface area contributed by atoms with E-state index in [9.17, 15) is 23.4 Å². The van der Waals surface area contributed by atoms with Crippen LogP contribution < -0.4 is 4.31 Å². The molecule has 0 unspecified atom stereocenters. The summed E-state index contributed by atoms with van der Waals surface area (Å²) in [5.41, 5.74) is 1.33. The molecule has 0 saturated carbocycles. The average Bonchev–Trinajstić information content (AvgIpc) is 2.46. The molecule has 0 aliphatic carbocycles. The minimum absolute atomic E-state index is 0.0332. The highest BCUT2D eigenvalue weighted by atomic mass is 32.2. The fraction of sp³-hybridized carbons (Fsp3) is 0.188. The molecule has 122 valence electrons. The van der Waals surface area contributed by atoms with Crippen molar-refractivity contribution in [3.8, 4) is 5.75 Å². The molecular formula is C16H17NO5S. The number of aryl methyl sites for hydroxylation is 2. The number of anilines is 1. The molecule has 0 aliphatic rings. The van der Waals surface area contributed by atoms with Crippen LogP contribution in [0.15, 0.2) is 41.3 Å². The number of phenolic OH excluding ortho intramolecular Hbond substituents is 1. The number of phenols is 1. The molecule has 0 aliphatic heterocycles. The van der Waals surface area contributed by atoms with E-state index < -0.39 is 16.0 Å². The van der Waals surface area contributed by atoms with Crippen molar-refractivity contribution < 1.29 is 23.4 Å². The summed E-state index contributed by atoms with van der Waals surface area (Å²) < 4.78 is 26.4. The molecule has 2 N–H and O–H groups in total. The topological polar surface area (TPSA) is 94.9 Å². The van der Waals surface area contributed by atoms with E-state index in [1.54, 1.807) is 19.9 Å². The summed E-state index contributed by atoms with van der Waals surface area (Å²) in [5, 5.41) is 18.7. The molecular weight excluding hydrogens is 318 g/mol. The van der Waals surface area contributed by atoms with Crippen LogP contribution in [0.2, 0.25) is 0 Å². The van der Waals surface area contributed by atoms with Gasteiger partial charge in [0.2, 0.25) is 0 Å². The third-order valence-electron chi connectivity index (χ3n) is 3.49. The first-order chi connectivity index (χ1) is 10.6. The second-order valence-electron chi connectivity index (χ2n) is 5.25. The van der Waals surface area contributed by atoms with E-state index in [2.05, 4.69) is 0 Å². The Morgan fingerprint density at radius 3 is 2.17 bits per heavy atom. The summed E-state index contributed by atoms with van der Waals surface area (Å²) in [4.78, 5) is 11.5. The van der Waals surface area contributed by atoms with Crippen LogP contribution in [0.25, 0.3) is 0 Å². The van der Waals surface area contributed by atoms with E-state index in [1.807, 2.05) is 0 Å². The molecule has 2 rings (SSSR count). The van der Waals surface area contributed by atoms with E-state index in [0.29, 0.717) is 5.56 Å². The van der Waals surface area contributed by atoms with Crippen molar-refractivity contribution in [1.29, 1.82) is 0 Å². The van der Waals surface area contributed by atoms with Crippen molar-refractivity contribution in [3.05, 3.63) is 53.1 Å². The third-order valence-corrected chi connectivity index (χ3v) is 5.26. The van der Waals surface area contributed by atoms with Crippen LogP contribution in [-0.2, 0) is 10.0 Å². The summed E-state index contributed by atoms with van der Waals surface area (Å²) in [7, 11) is -2.63. The molecule has 0 heterocycles. The van der Waals surface area contributed by atoms with Gasteiger partial charge in [0.15, 0.2) is 0 Å². The number of rotatable bonds is 4. The highest BCUT2D eigenvalue weighted by Crippen LogP contribution is 2.30. The van der Waals surface area contributed by atoms with Crippen molar-refractivity contribution in [1.82, 2.24) is 0 Å². The highest BCUT2D eigenvalue weighted by molar-refractivity contribution is 7.92. The third kappa shape index (κ3) is 3.14. The smallest absolute Gasteiger partial charge is 0.337 e. The van der Waals surface area contributed by atoms with Crippen LogP contribution in [0.3, 0.4) is 0 Å². The van der Waals surface area contributed by atoms with Gasteiger partial charge >= 0.3 is 5.97 Å². The molecule has 0 atom stereocenters. The number of aromatic carboxylic acids is 1. The Morgan fingerprint density at radius 2 is 1.65 bits per heavy atom. The lowest BCUT2D eigenvalue weighted by molar-refractivity contribution is 0.0697. The quantitative estimate of drug-likeness (QED) is 0.895. The van der Waals surface area contributed by atoms with Gasteiger partial charge in [0.1, 0.15) is 5.75 Å². The Hall–Kier alpha value is -2.54. The summed E-state index contributed by atoms with van der Waals surface area (Å²) in [6.45, 7) is 3.41. The lowest BCUT2D eigenvalue weighted by atomic mass is 10.0. The van der Waals surface area contributed by atoms with E-state index in [0.717, 1.165) is 9.87 Å². The normalized spacial score (nSPS) is 11.3. The van der Waals surface area contributed by atoms with Gasteiger partial charge in [-0.05, 0) is 55.3 Å². The minimum atomic E-state index is -3.94. The minimum Gasteiger partial charge on any atom is -0.508 e. The van der Waals surface area contributed by atoms with Crippen LogP contribution in [-0.4, -0.2) is 31.6 Å². The van der Waals surface area contributed by atoms with Gasteiger partial charge in [-0.15, -0.1) is 0 Å². The number of benzene rings is 2. The summed E-state index contributed by atoms with van der Waals surface area (Å²) in [6, 6.07) is 8.23. The Morgan fingerprint density at radius 1 is 1.09 bits per heavy atom. The largest absolute Gasteiger partial charge is 0.508 e. The fourth-order valence-electron chi connectivity index (χ4n) is 2.44. The van der Waals surface area contributed by atoms with Crippen LogP contribution >= 0.6 is 0 Å². The van der Waals surface area contributed by atoms with Gasteiger partial charge in [0, 0.05) is 7.05 Å². The Balaban J connectivity index is 2.62. The molecule has 0 radical (unpaired) electrons. The maximum Gasteiger partial charge on any atom is 0.337 e. The van der Waals surface area contributed by atoms with Gasteiger partial charge in [-0.1, -0.05) is 6.07 Å². The number of carboxylic acid groups (broad SMARTS) is 1. The van der Waals surface area contributed by atoms with Gasteiger partial charge < -0.3 is 10.2 Å². The number of hydrogen-bond donors (Lipinski definition) is 2. The van der Waals surface area contributed by atoms with Crippen LogP contribution in [0.5, 0.6) is 5.75 Å². The predicted octanol–water partition coefficient (Wildman–Crippen LogP) is 2.53. The van der Waals surface area contributed by atoms with Crippen molar-refractivity contribution in [2.24, 2.45) is 0 Å². The van der Waals surface area contributed by atoms with Crippen molar-refractivity contribution in [3.63, 3.8) is 0 Å². The van der Waals surface area contributed by atoms with Crippen LogP contribution in [0.1, 0.15) is 21.5 Å². The Bertz CT molecular complexity index is 857. The van der Waals surface area contributed by atoms with Gasteiger partial charge in [0.25, 0.3) is 10.0 Å². The SMILES string of the molecule is Cc1cc(C)c(N(C)S(=O)(=O)c2ccc(O)cc2)c(C(=O)O)c1. The average molecular weight is 335 g/mol. The standard InChI is InChI=1S/C16H17NO5S/c1-10-8-11(2)15(14(9-10)16(19)20)17(3)23(21,22)13-6-4-12(18)5-7-13/h4-9,18H,1-3H3,(H,19,20). The zero-order chi connectivity index (χ0) is 17.4. The zero-order valence-electron chi connectivity index (χ0n) is 12.9. The number of aromatic hydroxyl groups is 1. The number of sulfonamides is 1. The highest BCUT2D eigenvalue weighted by Gasteiger charge is 2.26. The lowest BCUT2D eigenvalue weighted by Gasteiger charge is -2.23. The molecule has 2 aromatic carbocycles. The lowest BCUT2D eigenvalue weighted by Crippen LogP contribution is -2.29. The number of carbonyl (C=O) groups is 1. The van der Waals surface area contributed by atoms with Gasteiger partial charge in [-0.2, -0.15) is 0 Å². The van der Waals surface area contributed by atoms with Crippen molar-refractivity contribution in [2.45, 2.75) is 18.7 Å². The first-order valence-electron chi connectivity index (χ1n) is 6.77. The molecule has 0 bridgehead atoms. The van der Waals surface area contributed by atoms with Crippen molar-refractivity contribution >= 4 is 21.7 Å². The number of hydrogen-bond acceptors (Lipinski definition) is 4. The second-order valence-corrected chi connectivity index (χ2v) is 7.22. The molecule has 0 spiro atoms. The van der Waals surface area contributed by atoms with E-state index in [4.69, 9.17) is 0 Å². The van der Waals surface area contributed by atoms with Crippen LogP contribution in [0, 0.1) is 13.8 Å². The monoisotopic (exact) mass is 335 g/mol. The summed E-state index contributed by atoms with van der Waals surface area (Å²) in [5.74, 6) is -1.25. The van der Waals surface area contributed by atoms with Crippen molar-refractivity contribution in [2.75, 3.05) is 11.4 Å². The maximum absolute atomic E-state index is 12.7. The first-order valence-corrected chi connectivity index (χ1v) is 8.21. The second kappa shape index (κ2) is 5.92. The van der Waals surface area contributed by atoms with E-state index in [-0.39, 0.29) is 21.9 Å². The Kier molecular flexibility index (Phi) is 4.33. The molecule has 7 heteroatoms. The molecule has 0 aromatic heterocycles. The zero-order valence-corrected chi connectivity index (χ0v) is 13.8. The molecule has 23 heavy (non-hydrogen) atoms. The fourth-order valence-corrected chi connectivity index (χ4v) is 3.72. The summed E-state index contributed by atoms with van der Waals surface area (Å²) >= 11 is 0. The summed E-state index contributed by atoms with van der Waals surface area (Å²) in [6.07, 6.45) is 0. The van der Waals surface area contributed by atoms with Gasteiger partial charge in [-0.3, -0.25) is 4.31 Å². The molecule has 0 fully saturated rings. The number of nitrogens with zero attached hydrogens (tertiary/aromatic N) is 1. The van der Waals surface area contributed by atoms with Gasteiger partial charge in [-0.25, -0.2) is 13.2 Å². The maximum atomic E-state index is 12.7. The molecule has 0 amide bonds. The predicted molar refractivity (Wildman–Crippen MR) is 86.6 cm³/mol. The van der Waals surface area contributed by atoms with Crippen LogP contribution in [0.4, 0.5) is 5.69 Å². The molecule has 6 nitrogen and oxygen atoms in total. The molecule has 0 saturated heterocycles. The first kappa shape index (κ1) is 16.8.